The SMILES string of the molecule is COc1nc(NN)nc(Oc2ccccc2C(C)(C)C)n1. The minimum Gasteiger partial charge on any atom is -0.467 e. The Balaban J connectivity index is 2.39. The lowest BCUT2D eigenvalue weighted by molar-refractivity contribution is 0.357. The number of para-hydroxylation sites is 1. The number of ether oxygens (including phenoxy) is 2. The zero-order valence-corrected chi connectivity index (χ0v) is 12.5. The molecule has 0 radical (unpaired) electrons. The molecule has 3 N–H and O–H groups in total. The van der Waals surface area contributed by atoms with Crippen LogP contribution < -0.4 is 20.7 Å². The maximum atomic E-state index is 5.78. The van der Waals surface area contributed by atoms with Crippen LogP contribution in [0.2, 0.25) is 0 Å². The van der Waals surface area contributed by atoms with Gasteiger partial charge in [-0.3, -0.25) is 5.43 Å². The normalized spacial score (nSPS) is 11.1. The van der Waals surface area contributed by atoms with Crippen molar-refractivity contribution in [2.45, 2.75) is 26.2 Å². The molecule has 2 rings (SSSR count). The second kappa shape index (κ2) is 5.92. The first-order valence-corrected chi connectivity index (χ1v) is 6.48. The summed E-state index contributed by atoms with van der Waals surface area (Å²) < 4.78 is 10.8. The van der Waals surface area contributed by atoms with Gasteiger partial charge in [0.2, 0.25) is 5.95 Å². The predicted octanol–water partition coefficient (Wildman–Crippen LogP) is 2.26. The van der Waals surface area contributed by atoms with Crippen LogP contribution in [0, 0.1) is 0 Å². The predicted molar refractivity (Wildman–Crippen MR) is 79.4 cm³/mol. The van der Waals surface area contributed by atoms with E-state index in [-0.39, 0.29) is 23.4 Å². The van der Waals surface area contributed by atoms with Gasteiger partial charge in [-0.1, -0.05) is 39.0 Å². The van der Waals surface area contributed by atoms with Gasteiger partial charge in [-0.25, -0.2) is 5.84 Å². The van der Waals surface area contributed by atoms with Crippen LogP contribution in [0.5, 0.6) is 17.8 Å². The molecule has 112 valence electrons. The van der Waals surface area contributed by atoms with Gasteiger partial charge in [-0.05, 0) is 11.5 Å². The summed E-state index contributed by atoms with van der Waals surface area (Å²) in [5.74, 6) is 6.17. The molecule has 0 aliphatic carbocycles. The summed E-state index contributed by atoms with van der Waals surface area (Å²) in [4.78, 5) is 12.0. The molecule has 0 spiro atoms. The second-order valence-corrected chi connectivity index (χ2v) is 5.42. The summed E-state index contributed by atoms with van der Waals surface area (Å²) in [7, 11) is 1.46. The number of hydrazine groups is 1. The van der Waals surface area contributed by atoms with Crippen LogP contribution in [0.1, 0.15) is 26.3 Å². The topological polar surface area (TPSA) is 95.2 Å². The van der Waals surface area contributed by atoms with Crippen molar-refractivity contribution in [3.63, 3.8) is 0 Å². The molecule has 1 aromatic heterocycles. The monoisotopic (exact) mass is 289 g/mol. The van der Waals surface area contributed by atoms with Gasteiger partial charge in [-0.2, -0.15) is 9.97 Å². The molecule has 0 amide bonds. The average molecular weight is 289 g/mol. The highest BCUT2D eigenvalue weighted by Gasteiger charge is 2.20. The van der Waals surface area contributed by atoms with Gasteiger partial charge >= 0.3 is 12.0 Å². The second-order valence-electron chi connectivity index (χ2n) is 5.42. The molecule has 0 fully saturated rings. The summed E-state index contributed by atoms with van der Waals surface area (Å²) in [6.45, 7) is 6.32. The van der Waals surface area contributed by atoms with E-state index >= 15 is 0 Å². The Morgan fingerprint density at radius 2 is 1.71 bits per heavy atom. The lowest BCUT2D eigenvalue weighted by atomic mass is 9.86. The van der Waals surface area contributed by atoms with Gasteiger partial charge in [0.15, 0.2) is 0 Å². The van der Waals surface area contributed by atoms with Crippen molar-refractivity contribution < 1.29 is 9.47 Å². The van der Waals surface area contributed by atoms with E-state index in [0.29, 0.717) is 5.75 Å². The van der Waals surface area contributed by atoms with Gasteiger partial charge in [0.05, 0.1) is 7.11 Å². The van der Waals surface area contributed by atoms with E-state index in [1.807, 2.05) is 24.3 Å². The maximum absolute atomic E-state index is 5.78. The van der Waals surface area contributed by atoms with E-state index in [4.69, 9.17) is 15.3 Å². The summed E-state index contributed by atoms with van der Waals surface area (Å²) >= 11 is 0. The smallest absolute Gasteiger partial charge is 0.330 e. The molecule has 0 aliphatic heterocycles. The highest BCUT2D eigenvalue weighted by atomic mass is 16.5. The molecule has 0 bridgehead atoms. The van der Waals surface area contributed by atoms with Crippen LogP contribution >= 0.6 is 0 Å². The van der Waals surface area contributed by atoms with Gasteiger partial charge in [-0.15, -0.1) is 4.98 Å². The molecule has 21 heavy (non-hydrogen) atoms. The minimum atomic E-state index is -0.0668. The van der Waals surface area contributed by atoms with Crippen molar-refractivity contribution in [1.29, 1.82) is 0 Å². The number of hydrogen-bond acceptors (Lipinski definition) is 7. The number of benzene rings is 1. The first-order chi connectivity index (χ1) is 9.94. The van der Waals surface area contributed by atoms with Crippen molar-refractivity contribution in [3.05, 3.63) is 29.8 Å². The molecule has 7 heteroatoms. The molecule has 1 heterocycles. The van der Waals surface area contributed by atoms with E-state index in [1.165, 1.54) is 7.11 Å². The molecule has 2 aromatic rings. The van der Waals surface area contributed by atoms with Gasteiger partial charge in [0, 0.05) is 5.56 Å². The van der Waals surface area contributed by atoms with Crippen LogP contribution in [0.4, 0.5) is 5.95 Å². The number of nitrogens with zero attached hydrogens (tertiary/aromatic N) is 3. The van der Waals surface area contributed by atoms with Crippen LogP contribution in [-0.2, 0) is 5.41 Å². The highest BCUT2D eigenvalue weighted by Crippen LogP contribution is 2.33. The van der Waals surface area contributed by atoms with Crippen LogP contribution in [0.25, 0.3) is 0 Å². The molecule has 7 nitrogen and oxygen atoms in total. The van der Waals surface area contributed by atoms with Crippen molar-refractivity contribution in [2.24, 2.45) is 5.84 Å². The molecular formula is C14H19N5O2. The van der Waals surface area contributed by atoms with Crippen molar-refractivity contribution >= 4 is 5.95 Å². The lowest BCUT2D eigenvalue weighted by Crippen LogP contribution is -2.14. The number of methoxy groups -OCH3 is 1. The number of aromatic nitrogens is 3. The van der Waals surface area contributed by atoms with Gasteiger partial charge in [0.25, 0.3) is 0 Å². The lowest BCUT2D eigenvalue weighted by Gasteiger charge is -2.22. The first kappa shape index (κ1) is 15.0. The molecule has 0 atom stereocenters. The van der Waals surface area contributed by atoms with Crippen molar-refractivity contribution in [1.82, 2.24) is 15.0 Å². The van der Waals surface area contributed by atoms with E-state index in [0.717, 1.165) is 5.56 Å². The number of nitrogens with one attached hydrogen (secondary N) is 1. The third-order valence-corrected chi connectivity index (χ3v) is 2.80. The molecule has 0 unspecified atom stereocenters. The molecular weight excluding hydrogens is 270 g/mol. The summed E-state index contributed by atoms with van der Waals surface area (Å²) in [6, 6.07) is 7.98. The van der Waals surface area contributed by atoms with Crippen molar-refractivity contribution in [3.8, 4) is 17.8 Å². The zero-order valence-electron chi connectivity index (χ0n) is 12.5. The number of anilines is 1. The fourth-order valence-corrected chi connectivity index (χ4v) is 1.81. The van der Waals surface area contributed by atoms with E-state index in [1.54, 1.807) is 0 Å². The fourth-order valence-electron chi connectivity index (χ4n) is 1.81. The summed E-state index contributed by atoms with van der Waals surface area (Å²) in [6.07, 6.45) is 0. The minimum absolute atomic E-state index is 0.0668. The first-order valence-electron chi connectivity index (χ1n) is 6.48. The van der Waals surface area contributed by atoms with Crippen LogP contribution in [0.3, 0.4) is 0 Å². The molecule has 0 aliphatic rings. The third kappa shape index (κ3) is 3.57. The number of hydrogen-bond donors (Lipinski definition) is 2. The van der Waals surface area contributed by atoms with Crippen LogP contribution in [-0.4, -0.2) is 22.1 Å². The van der Waals surface area contributed by atoms with Crippen LogP contribution in [0.15, 0.2) is 24.3 Å². The standard InChI is InChI=1S/C14H19N5O2/c1-14(2,3)9-7-5-6-8-10(9)21-13-17-11(19-15)16-12(18-13)20-4/h5-8H,15H2,1-4H3,(H,16,17,18,19). The highest BCUT2D eigenvalue weighted by molar-refractivity contribution is 5.40. The fraction of sp³-hybridized carbons (Fsp3) is 0.357. The Kier molecular flexibility index (Phi) is 4.23. The number of nitrogens with two attached hydrogens (primary N) is 1. The summed E-state index contributed by atoms with van der Waals surface area (Å²) in [5, 5.41) is 0. The Morgan fingerprint density at radius 3 is 2.33 bits per heavy atom. The number of nitrogen functional groups attached to an aromatic ring is 1. The Bertz CT molecular complexity index is 603. The Labute approximate surface area is 123 Å². The summed E-state index contributed by atoms with van der Waals surface area (Å²) in [5.41, 5.74) is 3.33. The average Bonchev–Trinajstić information content (AvgIpc) is 2.46. The van der Waals surface area contributed by atoms with E-state index in [9.17, 15) is 0 Å². The zero-order chi connectivity index (χ0) is 15.5. The maximum Gasteiger partial charge on any atom is 0.330 e. The Morgan fingerprint density at radius 1 is 1.05 bits per heavy atom. The van der Waals surface area contributed by atoms with Crippen molar-refractivity contribution in [2.75, 3.05) is 12.5 Å². The van der Waals surface area contributed by atoms with Gasteiger partial charge in [0.1, 0.15) is 5.75 Å². The van der Waals surface area contributed by atoms with Gasteiger partial charge < -0.3 is 9.47 Å². The van der Waals surface area contributed by atoms with E-state index < -0.39 is 0 Å². The Hall–Kier alpha value is -2.41. The quantitative estimate of drug-likeness (QED) is 0.658. The molecule has 0 saturated carbocycles. The number of rotatable bonds is 4. The molecule has 0 saturated heterocycles. The van der Waals surface area contributed by atoms with E-state index in [2.05, 4.69) is 41.1 Å². The molecule has 1 aromatic carbocycles. The third-order valence-electron chi connectivity index (χ3n) is 2.80. The largest absolute Gasteiger partial charge is 0.467 e.